The third-order valence-corrected chi connectivity index (χ3v) is 6.22. The van der Waals surface area contributed by atoms with Crippen molar-refractivity contribution in [3.05, 3.63) is 52.9 Å². The van der Waals surface area contributed by atoms with Gasteiger partial charge in [0.25, 0.3) is 0 Å². The average Bonchev–Trinajstić information content (AvgIpc) is 3.01. The Kier molecular flexibility index (Phi) is 4.33. The molecule has 0 N–H and O–H groups in total. The van der Waals surface area contributed by atoms with Gasteiger partial charge < -0.3 is 14.2 Å². The fourth-order valence-electron chi connectivity index (χ4n) is 3.58. The summed E-state index contributed by atoms with van der Waals surface area (Å²) in [6.45, 7) is 3.96. The highest BCUT2D eigenvalue weighted by Gasteiger charge is 2.17. The van der Waals surface area contributed by atoms with Gasteiger partial charge in [0.2, 0.25) is 5.71 Å². The minimum absolute atomic E-state index is 0.380. The smallest absolute Gasteiger partial charge is 0.347 e. The fourth-order valence-corrected chi connectivity index (χ4v) is 4.55. The zero-order chi connectivity index (χ0) is 19.1. The third kappa shape index (κ3) is 3.16. The minimum atomic E-state index is -0.396. The van der Waals surface area contributed by atoms with E-state index in [0.717, 1.165) is 54.0 Å². The van der Waals surface area contributed by atoms with Gasteiger partial charge in [-0.3, -0.25) is 0 Å². The summed E-state index contributed by atoms with van der Waals surface area (Å²) in [5.74, 6) is 0.860. The highest BCUT2D eigenvalue weighted by atomic mass is 32.1. The lowest BCUT2D eigenvalue weighted by Gasteiger charge is -2.21. The van der Waals surface area contributed by atoms with E-state index in [1.165, 1.54) is 11.3 Å². The molecule has 0 amide bonds. The van der Waals surface area contributed by atoms with E-state index in [4.69, 9.17) is 4.42 Å². The van der Waals surface area contributed by atoms with Crippen molar-refractivity contribution in [2.45, 2.75) is 6.42 Å². The van der Waals surface area contributed by atoms with Crippen molar-refractivity contribution in [2.75, 3.05) is 38.1 Å². The van der Waals surface area contributed by atoms with E-state index in [0.29, 0.717) is 16.3 Å². The van der Waals surface area contributed by atoms with Crippen molar-refractivity contribution < 1.29 is 4.42 Å². The van der Waals surface area contributed by atoms with Crippen LogP contribution in [-0.4, -0.2) is 48.1 Å². The standard InChI is InChI=1S/C21H20N4O2S/c1-24-9-4-10-25(12-11-24)18-8-7-14-13-15(21(26)27-19(14)23-18)20-22-16-5-2-3-6-17(16)28-20/h2-3,5-8,13H,4,9-12H2,1H3. The van der Waals surface area contributed by atoms with Gasteiger partial charge in [-0.15, -0.1) is 11.3 Å². The topological polar surface area (TPSA) is 62.5 Å². The molecule has 0 bridgehead atoms. The van der Waals surface area contributed by atoms with Crippen LogP contribution in [0.25, 0.3) is 31.9 Å². The molecule has 1 aliphatic rings. The van der Waals surface area contributed by atoms with Gasteiger partial charge in [0, 0.05) is 25.0 Å². The van der Waals surface area contributed by atoms with Crippen molar-refractivity contribution in [3.8, 4) is 10.6 Å². The first-order valence-corrected chi connectivity index (χ1v) is 10.2. The van der Waals surface area contributed by atoms with Crippen LogP contribution in [0.3, 0.4) is 0 Å². The van der Waals surface area contributed by atoms with Crippen LogP contribution in [0.4, 0.5) is 5.82 Å². The summed E-state index contributed by atoms with van der Waals surface area (Å²) in [5, 5.41) is 1.49. The number of anilines is 1. The van der Waals surface area contributed by atoms with Gasteiger partial charge in [-0.2, -0.15) is 4.98 Å². The van der Waals surface area contributed by atoms with Crippen LogP contribution in [0.1, 0.15) is 6.42 Å². The van der Waals surface area contributed by atoms with Crippen LogP contribution < -0.4 is 10.5 Å². The van der Waals surface area contributed by atoms with Gasteiger partial charge in [-0.05, 0) is 50.3 Å². The van der Waals surface area contributed by atoms with Gasteiger partial charge in [0.1, 0.15) is 10.8 Å². The summed E-state index contributed by atoms with van der Waals surface area (Å²) < 4.78 is 6.64. The molecule has 0 saturated carbocycles. The molecule has 142 valence electrons. The van der Waals surface area contributed by atoms with Crippen molar-refractivity contribution >= 4 is 38.5 Å². The second kappa shape index (κ2) is 7.00. The Morgan fingerprint density at radius 1 is 1.04 bits per heavy atom. The molecule has 0 spiro atoms. The minimum Gasteiger partial charge on any atom is -0.403 e. The zero-order valence-corrected chi connectivity index (χ0v) is 16.4. The first-order valence-electron chi connectivity index (χ1n) is 9.42. The lowest BCUT2D eigenvalue weighted by molar-refractivity contribution is 0.360. The largest absolute Gasteiger partial charge is 0.403 e. The van der Waals surface area contributed by atoms with Crippen LogP contribution in [0.5, 0.6) is 0 Å². The number of fused-ring (bicyclic) bond motifs is 2. The highest BCUT2D eigenvalue weighted by molar-refractivity contribution is 7.21. The number of likely N-dealkylation sites (N-methyl/N-ethyl adjacent to an activating group) is 1. The maximum Gasteiger partial charge on any atom is 0.347 e. The van der Waals surface area contributed by atoms with Gasteiger partial charge >= 0.3 is 5.63 Å². The van der Waals surface area contributed by atoms with Gasteiger partial charge in [0.15, 0.2) is 0 Å². The normalized spacial score (nSPS) is 16.0. The molecular formula is C21H20N4O2S. The first kappa shape index (κ1) is 17.3. The molecule has 0 aliphatic carbocycles. The maximum absolute atomic E-state index is 12.6. The summed E-state index contributed by atoms with van der Waals surface area (Å²) in [4.78, 5) is 26.4. The molecule has 0 atom stereocenters. The molecular weight excluding hydrogens is 372 g/mol. The van der Waals surface area contributed by atoms with Crippen LogP contribution >= 0.6 is 11.3 Å². The predicted molar refractivity (Wildman–Crippen MR) is 113 cm³/mol. The zero-order valence-electron chi connectivity index (χ0n) is 15.6. The Labute approximate surface area is 166 Å². The van der Waals surface area contributed by atoms with Gasteiger partial charge in [0.05, 0.1) is 15.8 Å². The molecule has 0 unspecified atom stereocenters. The average molecular weight is 392 g/mol. The second-order valence-corrected chi connectivity index (χ2v) is 8.17. The van der Waals surface area contributed by atoms with E-state index in [2.05, 4.69) is 26.8 Å². The number of hydrogen-bond donors (Lipinski definition) is 0. The number of aromatic nitrogens is 2. The number of hydrogen-bond acceptors (Lipinski definition) is 7. The number of pyridine rings is 1. The number of para-hydroxylation sites is 1. The van der Waals surface area contributed by atoms with E-state index < -0.39 is 5.63 Å². The number of thiazole rings is 1. The Bertz CT molecular complexity index is 1180. The molecule has 7 heteroatoms. The number of nitrogens with zero attached hydrogens (tertiary/aromatic N) is 4. The van der Waals surface area contributed by atoms with Gasteiger partial charge in [-0.1, -0.05) is 12.1 Å². The molecule has 1 aliphatic heterocycles. The molecule has 28 heavy (non-hydrogen) atoms. The van der Waals surface area contributed by atoms with Crippen LogP contribution in [0, 0.1) is 0 Å². The molecule has 1 aromatic carbocycles. The fraction of sp³-hybridized carbons (Fsp3) is 0.286. The lowest BCUT2D eigenvalue weighted by Crippen LogP contribution is -2.29. The van der Waals surface area contributed by atoms with E-state index in [1.807, 2.05) is 42.5 Å². The Morgan fingerprint density at radius 2 is 1.93 bits per heavy atom. The summed E-state index contributed by atoms with van der Waals surface area (Å²) in [6.07, 6.45) is 1.09. The summed E-state index contributed by atoms with van der Waals surface area (Å²) >= 11 is 1.50. The SMILES string of the molecule is CN1CCCN(c2ccc3cc(-c4nc5ccccc5s4)c(=O)oc3n2)CC1. The molecule has 4 aromatic rings. The molecule has 1 fully saturated rings. The molecule has 3 aromatic heterocycles. The van der Waals surface area contributed by atoms with Crippen LogP contribution in [0.2, 0.25) is 0 Å². The van der Waals surface area contributed by atoms with Crippen molar-refractivity contribution in [2.24, 2.45) is 0 Å². The highest BCUT2D eigenvalue weighted by Crippen LogP contribution is 2.30. The maximum atomic E-state index is 12.6. The van der Waals surface area contributed by atoms with Crippen molar-refractivity contribution in [3.63, 3.8) is 0 Å². The molecule has 0 radical (unpaired) electrons. The lowest BCUT2D eigenvalue weighted by atomic mass is 10.2. The van der Waals surface area contributed by atoms with Gasteiger partial charge in [-0.25, -0.2) is 9.78 Å². The van der Waals surface area contributed by atoms with E-state index in [1.54, 1.807) is 0 Å². The second-order valence-electron chi connectivity index (χ2n) is 7.14. The predicted octanol–water partition coefficient (Wildman–Crippen LogP) is 3.61. The molecule has 4 heterocycles. The summed E-state index contributed by atoms with van der Waals surface area (Å²) in [5.41, 5.74) is 1.36. The van der Waals surface area contributed by atoms with Crippen LogP contribution in [0.15, 0.2) is 51.7 Å². The monoisotopic (exact) mass is 392 g/mol. The number of benzene rings is 1. The Morgan fingerprint density at radius 3 is 2.82 bits per heavy atom. The summed E-state index contributed by atoms with van der Waals surface area (Å²) in [7, 11) is 2.14. The molecule has 1 saturated heterocycles. The molecule has 6 nitrogen and oxygen atoms in total. The quantitative estimate of drug-likeness (QED) is 0.519. The third-order valence-electron chi connectivity index (χ3n) is 5.15. The Hall–Kier alpha value is -2.77. The van der Waals surface area contributed by atoms with E-state index in [-0.39, 0.29) is 0 Å². The summed E-state index contributed by atoms with van der Waals surface area (Å²) in [6, 6.07) is 13.7. The number of rotatable bonds is 2. The molecule has 5 rings (SSSR count). The van der Waals surface area contributed by atoms with Crippen molar-refractivity contribution in [1.82, 2.24) is 14.9 Å². The first-order chi connectivity index (χ1) is 13.7. The van der Waals surface area contributed by atoms with Crippen LogP contribution in [-0.2, 0) is 0 Å². The van der Waals surface area contributed by atoms with E-state index in [9.17, 15) is 4.79 Å². The van der Waals surface area contributed by atoms with E-state index >= 15 is 0 Å². The Balaban J connectivity index is 1.53. The van der Waals surface area contributed by atoms with Crippen molar-refractivity contribution in [1.29, 1.82) is 0 Å².